The maximum atomic E-state index is 13.6. The molecule has 1 aliphatic carbocycles. The summed E-state index contributed by atoms with van der Waals surface area (Å²) < 4.78 is 16.4. The van der Waals surface area contributed by atoms with Crippen molar-refractivity contribution in [2.24, 2.45) is 0 Å². The maximum Gasteiger partial charge on any atom is 0.178 e. The van der Waals surface area contributed by atoms with Gasteiger partial charge in [-0.3, -0.25) is 4.90 Å². The van der Waals surface area contributed by atoms with Crippen LogP contribution in [-0.4, -0.2) is 33.6 Å². The molecule has 0 atom stereocenters. The van der Waals surface area contributed by atoms with Gasteiger partial charge in [0, 0.05) is 19.1 Å². The summed E-state index contributed by atoms with van der Waals surface area (Å²) in [6.07, 6.45) is 2.63. The van der Waals surface area contributed by atoms with Crippen molar-refractivity contribution in [3.63, 3.8) is 0 Å². The number of halogens is 1. The van der Waals surface area contributed by atoms with Crippen molar-refractivity contribution in [2.75, 3.05) is 13.1 Å². The molecule has 1 aromatic heterocycles. The van der Waals surface area contributed by atoms with Gasteiger partial charge in [0.05, 0.1) is 11.0 Å². The summed E-state index contributed by atoms with van der Waals surface area (Å²) in [6, 6.07) is 4.18. The molecule has 0 spiro atoms. The Morgan fingerprint density at radius 2 is 2.20 bits per heavy atom. The number of aromatic amines is 1. The third-order valence-corrected chi connectivity index (χ3v) is 4.46. The fraction of sp³-hybridized carbons (Fsp3) is 0.533. The Labute approximate surface area is 123 Å². The molecule has 1 fully saturated rings. The number of aryl methyl sites for hydroxylation is 1. The summed E-state index contributed by atoms with van der Waals surface area (Å²) in [4.78, 5) is 5.60. The Hall–Kier alpha value is -1.20. The zero-order valence-corrected chi connectivity index (χ0v) is 12.8. The third kappa shape index (κ3) is 2.52. The van der Waals surface area contributed by atoms with Crippen LogP contribution in [0, 0.1) is 17.5 Å². The first-order chi connectivity index (χ1) is 9.60. The number of nitrogens with one attached hydrogen (secondary N) is 1. The molecule has 0 amide bonds. The molecular weight excluding hydrogens is 273 g/mol. The van der Waals surface area contributed by atoms with E-state index in [-0.39, 0.29) is 5.82 Å². The summed E-state index contributed by atoms with van der Waals surface area (Å²) in [5.74, 6) is -0.186. The Kier molecular flexibility index (Phi) is 3.65. The highest BCUT2D eigenvalue weighted by atomic mass is 32.1. The molecule has 0 saturated heterocycles. The first-order valence-electron chi connectivity index (χ1n) is 7.23. The Bertz CT molecular complexity index is 684. The molecule has 1 N–H and O–H groups in total. The summed E-state index contributed by atoms with van der Waals surface area (Å²) in [5, 5.41) is 0. The molecule has 5 heteroatoms. The minimum absolute atomic E-state index is 0.186. The Morgan fingerprint density at radius 3 is 2.85 bits per heavy atom. The Morgan fingerprint density at radius 1 is 1.45 bits per heavy atom. The number of aromatic nitrogens is 2. The third-order valence-electron chi connectivity index (χ3n) is 4.13. The number of hydrogen-bond acceptors (Lipinski definition) is 2. The van der Waals surface area contributed by atoms with E-state index in [1.54, 1.807) is 6.92 Å². The van der Waals surface area contributed by atoms with Crippen molar-refractivity contribution in [1.29, 1.82) is 0 Å². The average Bonchev–Trinajstić information content (AvgIpc) is 3.19. The molecule has 1 aliphatic rings. The molecule has 3 nitrogen and oxygen atoms in total. The van der Waals surface area contributed by atoms with Crippen LogP contribution in [0.15, 0.2) is 12.1 Å². The van der Waals surface area contributed by atoms with E-state index >= 15 is 0 Å². The number of rotatable bonds is 5. The SMILES string of the molecule is CCN(CCn1c(=S)[nH]c2cc(F)c(C)cc21)C1CC1. The number of H-pyrrole nitrogens is 1. The normalized spacial score (nSPS) is 15.4. The summed E-state index contributed by atoms with van der Waals surface area (Å²) in [7, 11) is 0. The number of nitrogens with zero attached hydrogens (tertiary/aromatic N) is 2. The fourth-order valence-corrected chi connectivity index (χ4v) is 3.07. The monoisotopic (exact) mass is 293 g/mol. The van der Waals surface area contributed by atoms with Gasteiger partial charge in [0.15, 0.2) is 4.77 Å². The van der Waals surface area contributed by atoms with E-state index in [1.807, 2.05) is 6.07 Å². The lowest BCUT2D eigenvalue weighted by molar-refractivity contribution is 0.267. The second-order valence-electron chi connectivity index (χ2n) is 5.56. The summed E-state index contributed by atoms with van der Waals surface area (Å²) in [6.45, 7) is 6.92. The highest BCUT2D eigenvalue weighted by molar-refractivity contribution is 7.71. The van der Waals surface area contributed by atoms with Crippen LogP contribution in [-0.2, 0) is 6.54 Å². The first kappa shape index (κ1) is 13.8. The van der Waals surface area contributed by atoms with E-state index in [1.165, 1.54) is 18.9 Å². The predicted molar refractivity (Wildman–Crippen MR) is 82.1 cm³/mol. The zero-order valence-electron chi connectivity index (χ0n) is 11.9. The number of benzene rings is 1. The molecule has 1 saturated carbocycles. The molecule has 20 heavy (non-hydrogen) atoms. The summed E-state index contributed by atoms with van der Waals surface area (Å²) in [5.41, 5.74) is 2.45. The topological polar surface area (TPSA) is 24.0 Å². The van der Waals surface area contributed by atoms with Crippen LogP contribution in [0.25, 0.3) is 11.0 Å². The van der Waals surface area contributed by atoms with Gasteiger partial charge in [-0.15, -0.1) is 0 Å². The van der Waals surface area contributed by atoms with E-state index in [9.17, 15) is 4.39 Å². The minimum atomic E-state index is -0.186. The van der Waals surface area contributed by atoms with E-state index in [0.29, 0.717) is 10.3 Å². The van der Waals surface area contributed by atoms with Gasteiger partial charge in [0.2, 0.25) is 0 Å². The number of likely N-dealkylation sites (N-methyl/N-ethyl adjacent to an activating group) is 1. The van der Waals surface area contributed by atoms with Crippen LogP contribution >= 0.6 is 12.2 Å². The standard InChI is InChI=1S/C15H20FN3S/c1-3-18(11-4-5-11)6-7-19-14-8-10(2)12(16)9-13(14)17-15(19)20/h8-9,11H,3-7H2,1-2H3,(H,17,20). The van der Waals surface area contributed by atoms with Gasteiger partial charge >= 0.3 is 0 Å². The zero-order chi connectivity index (χ0) is 14.3. The largest absolute Gasteiger partial charge is 0.330 e. The van der Waals surface area contributed by atoms with Gasteiger partial charge in [-0.1, -0.05) is 6.92 Å². The number of hydrogen-bond donors (Lipinski definition) is 1. The average molecular weight is 293 g/mol. The fourth-order valence-electron chi connectivity index (χ4n) is 2.77. The van der Waals surface area contributed by atoms with Gasteiger partial charge in [-0.25, -0.2) is 4.39 Å². The van der Waals surface area contributed by atoms with Crippen LogP contribution in [0.2, 0.25) is 0 Å². The molecule has 0 radical (unpaired) electrons. The highest BCUT2D eigenvalue weighted by Gasteiger charge is 2.27. The predicted octanol–water partition coefficient (Wildman–Crippen LogP) is 3.63. The number of imidazole rings is 1. The lowest BCUT2D eigenvalue weighted by atomic mass is 10.2. The van der Waals surface area contributed by atoms with Crippen molar-refractivity contribution in [3.8, 4) is 0 Å². The van der Waals surface area contributed by atoms with Crippen molar-refractivity contribution < 1.29 is 4.39 Å². The molecule has 1 heterocycles. The van der Waals surface area contributed by atoms with Gasteiger partial charge in [0.1, 0.15) is 5.82 Å². The lowest BCUT2D eigenvalue weighted by Crippen LogP contribution is -2.29. The van der Waals surface area contributed by atoms with Crippen LogP contribution < -0.4 is 0 Å². The summed E-state index contributed by atoms with van der Waals surface area (Å²) >= 11 is 5.38. The van der Waals surface area contributed by atoms with Crippen LogP contribution in [0.1, 0.15) is 25.3 Å². The minimum Gasteiger partial charge on any atom is -0.330 e. The second kappa shape index (κ2) is 5.30. The smallest absolute Gasteiger partial charge is 0.178 e. The van der Waals surface area contributed by atoms with Crippen LogP contribution in [0.4, 0.5) is 4.39 Å². The molecular formula is C15H20FN3S. The highest BCUT2D eigenvalue weighted by Crippen LogP contribution is 2.26. The van der Waals surface area contributed by atoms with E-state index < -0.39 is 0 Å². The van der Waals surface area contributed by atoms with E-state index in [2.05, 4.69) is 21.4 Å². The van der Waals surface area contributed by atoms with E-state index in [4.69, 9.17) is 12.2 Å². The molecule has 3 rings (SSSR count). The quantitative estimate of drug-likeness (QED) is 0.851. The van der Waals surface area contributed by atoms with E-state index in [0.717, 1.165) is 36.7 Å². The second-order valence-corrected chi connectivity index (χ2v) is 5.95. The van der Waals surface area contributed by atoms with Crippen molar-refractivity contribution >= 4 is 23.3 Å². The van der Waals surface area contributed by atoms with Gasteiger partial charge in [0.25, 0.3) is 0 Å². The molecule has 0 unspecified atom stereocenters. The van der Waals surface area contributed by atoms with Crippen LogP contribution in [0.5, 0.6) is 0 Å². The van der Waals surface area contributed by atoms with Gasteiger partial charge in [-0.2, -0.15) is 0 Å². The molecule has 1 aromatic carbocycles. The van der Waals surface area contributed by atoms with Crippen LogP contribution in [0.3, 0.4) is 0 Å². The molecule has 0 aliphatic heterocycles. The van der Waals surface area contributed by atoms with Crippen molar-refractivity contribution in [1.82, 2.24) is 14.5 Å². The van der Waals surface area contributed by atoms with Crippen molar-refractivity contribution in [3.05, 3.63) is 28.3 Å². The number of fused-ring (bicyclic) bond motifs is 1. The lowest BCUT2D eigenvalue weighted by Gasteiger charge is -2.20. The Balaban J connectivity index is 1.88. The molecule has 108 valence electrons. The maximum absolute atomic E-state index is 13.6. The first-order valence-corrected chi connectivity index (χ1v) is 7.63. The molecule has 0 bridgehead atoms. The molecule has 2 aromatic rings. The van der Waals surface area contributed by atoms with Crippen molar-refractivity contribution in [2.45, 2.75) is 39.3 Å². The van der Waals surface area contributed by atoms with Gasteiger partial charge < -0.3 is 9.55 Å². The van der Waals surface area contributed by atoms with Gasteiger partial charge in [-0.05, 0) is 56.2 Å².